The number of aliphatic imine (C=N–C) groups is 1. The van der Waals surface area contributed by atoms with Crippen LogP contribution in [0.5, 0.6) is 0 Å². The van der Waals surface area contributed by atoms with Crippen LogP contribution in [0.25, 0.3) is 11.1 Å². The molecule has 19 heavy (non-hydrogen) atoms. The number of isocyanates is 1. The molecule has 0 saturated carbocycles. The normalized spacial score (nSPS) is 10.9. The van der Waals surface area contributed by atoms with Gasteiger partial charge in [0, 0.05) is 11.8 Å². The largest absolute Gasteiger partial charge is 0.433 e. The smallest absolute Gasteiger partial charge is 0.251 e. The third-order valence-electron chi connectivity index (χ3n) is 2.43. The van der Waals surface area contributed by atoms with Crippen molar-refractivity contribution in [1.82, 2.24) is 4.98 Å². The predicted molar refractivity (Wildman–Crippen MR) is 62.5 cm³/mol. The van der Waals surface area contributed by atoms with E-state index in [1.54, 1.807) is 24.3 Å². The Morgan fingerprint density at radius 2 is 1.63 bits per heavy atom. The zero-order valence-electron chi connectivity index (χ0n) is 9.48. The fourth-order valence-electron chi connectivity index (χ4n) is 1.51. The first-order valence-corrected chi connectivity index (χ1v) is 5.22. The highest BCUT2D eigenvalue weighted by molar-refractivity contribution is 5.65. The highest BCUT2D eigenvalue weighted by Gasteiger charge is 2.31. The van der Waals surface area contributed by atoms with Crippen molar-refractivity contribution in [3.05, 3.63) is 48.3 Å². The molecule has 2 rings (SSSR count). The first-order chi connectivity index (χ1) is 9.00. The Hall–Kier alpha value is -2.46. The van der Waals surface area contributed by atoms with Gasteiger partial charge >= 0.3 is 6.18 Å². The molecule has 0 saturated heterocycles. The molecule has 0 aliphatic rings. The molecule has 0 aliphatic carbocycles. The summed E-state index contributed by atoms with van der Waals surface area (Å²) in [7, 11) is 0. The minimum Gasteiger partial charge on any atom is -0.251 e. The van der Waals surface area contributed by atoms with Crippen LogP contribution >= 0.6 is 0 Å². The van der Waals surface area contributed by atoms with Gasteiger partial charge in [-0.25, -0.2) is 4.79 Å². The number of benzene rings is 1. The molecule has 0 N–H and O–H groups in total. The van der Waals surface area contributed by atoms with Crippen LogP contribution in [0.2, 0.25) is 0 Å². The Morgan fingerprint density at radius 1 is 1.00 bits per heavy atom. The quantitative estimate of drug-likeness (QED) is 0.612. The molecule has 0 fully saturated rings. The second-order valence-corrected chi connectivity index (χ2v) is 3.68. The van der Waals surface area contributed by atoms with E-state index in [0.717, 1.165) is 12.3 Å². The molecule has 3 nitrogen and oxygen atoms in total. The molecule has 0 spiro atoms. The Labute approximate surface area is 106 Å². The number of rotatable bonds is 2. The summed E-state index contributed by atoms with van der Waals surface area (Å²) in [5, 5.41) is 0. The van der Waals surface area contributed by atoms with Gasteiger partial charge in [0.25, 0.3) is 0 Å². The zero-order chi connectivity index (χ0) is 13.9. The molecular weight excluding hydrogens is 257 g/mol. The average Bonchev–Trinajstić information content (AvgIpc) is 2.39. The summed E-state index contributed by atoms with van der Waals surface area (Å²) < 4.78 is 37.0. The zero-order valence-corrected chi connectivity index (χ0v) is 9.48. The van der Waals surface area contributed by atoms with Gasteiger partial charge in [-0.2, -0.15) is 18.2 Å². The second kappa shape index (κ2) is 5.04. The van der Waals surface area contributed by atoms with Crippen molar-refractivity contribution >= 4 is 11.8 Å². The van der Waals surface area contributed by atoms with Gasteiger partial charge in [-0.1, -0.05) is 18.2 Å². The second-order valence-electron chi connectivity index (χ2n) is 3.68. The van der Waals surface area contributed by atoms with Crippen LogP contribution in [0.15, 0.2) is 47.6 Å². The summed E-state index contributed by atoms with van der Waals surface area (Å²) in [6, 6.07) is 8.68. The fourth-order valence-corrected chi connectivity index (χ4v) is 1.51. The van der Waals surface area contributed by atoms with E-state index >= 15 is 0 Å². The SMILES string of the molecule is O=C=Nc1ccc(-c2ccc(C(F)(F)F)nc2)cc1. The van der Waals surface area contributed by atoms with Crippen LogP contribution in [0.3, 0.4) is 0 Å². The Bertz CT molecular complexity index is 612. The number of pyridine rings is 1. The minimum atomic E-state index is -4.44. The molecule has 0 unspecified atom stereocenters. The molecule has 0 aliphatic heterocycles. The van der Waals surface area contributed by atoms with E-state index in [1.165, 1.54) is 12.1 Å². The lowest BCUT2D eigenvalue weighted by atomic mass is 10.1. The number of hydrogen-bond donors (Lipinski definition) is 0. The van der Waals surface area contributed by atoms with Crippen molar-refractivity contribution in [2.45, 2.75) is 6.18 Å². The topological polar surface area (TPSA) is 42.3 Å². The maximum absolute atomic E-state index is 12.3. The Morgan fingerprint density at radius 3 is 2.11 bits per heavy atom. The highest BCUT2D eigenvalue weighted by atomic mass is 19.4. The van der Waals surface area contributed by atoms with E-state index < -0.39 is 11.9 Å². The summed E-state index contributed by atoms with van der Waals surface area (Å²) in [4.78, 5) is 16.8. The van der Waals surface area contributed by atoms with Crippen molar-refractivity contribution in [2.75, 3.05) is 0 Å². The van der Waals surface area contributed by atoms with Gasteiger partial charge in [-0.3, -0.25) is 4.98 Å². The summed E-state index contributed by atoms with van der Waals surface area (Å²) >= 11 is 0. The number of alkyl halides is 3. The summed E-state index contributed by atoms with van der Waals surface area (Å²) in [5.41, 5.74) is 0.734. The molecule has 0 atom stereocenters. The average molecular weight is 264 g/mol. The van der Waals surface area contributed by atoms with Crippen molar-refractivity contribution in [2.24, 2.45) is 4.99 Å². The van der Waals surface area contributed by atoms with Gasteiger partial charge in [-0.15, -0.1) is 0 Å². The number of carbonyl (C=O) groups excluding carboxylic acids is 1. The highest BCUT2D eigenvalue weighted by Crippen LogP contribution is 2.29. The van der Waals surface area contributed by atoms with E-state index in [9.17, 15) is 18.0 Å². The third-order valence-corrected chi connectivity index (χ3v) is 2.43. The molecular formula is C13H7F3N2O. The van der Waals surface area contributed by atoms with Gasteiger partial charge in [0.2, 0.25) is 6.08 Å². The number of hydrogen-bond acceptors (Lipinski definition) is 3. The summed E-state index contributed by atoms with van der Waals surface area (Å²) in [6.07, 6.45) is -1.88. The van der Waals surface area contributed by atoms with Crippen molar-refractivity contribution in [1.29, 1.82) is 0 Å². The van der Waals surface area contributed by atoms with Crippen molar-refractivity contribution in [3.8, 4) is 11.1 Å². The Balaban J connectivity index is 2.29. The summed E-state index contributed by atoms with van der Waals surface area (Å²) in [6.45, 7) is 0. The molecule has 1 aromatic heterocycles. The molecule has 0 radical (unpaired) electrons. The lowest BCUT2D eigenvalue weighted by Crippen LogP contribution is -2.07. The standard InChI is InChI=1S/C13H7F3N2O/c14-13(15,16)12-6-3-10(7-17-12)9-1-4-11(5-2-9)18-8-19/h1-7H. The van der Waals surface area contributed by atoms with E-state index in [0.29, 0.717) is 16.8 Å². The van der Waals surface area contributed by atoms with Gasteiger partial charge < -0.3 is 0 Å². The van der Waals surface area contributed by atoms with Gasteiger partial charge in [0.05, 0.1) is 5.69 Å². The van der Waals surface area contributed by atoms with Crippen molar-refractivity contribution < 1.29 is 18.0 Å². The van der Waals surface area contributed by atoms with Crippen LogP contribution in [-0.4, -0.2) is 11.1 Å². The van der Waals surface area contributed by atoms with Crippen LogP contribution in [0.1, 0.15) is 5.69 Å². The lowest BCUT2D eigenvalue weighted by Gasteiger charge is -2.06. The molecule has 6 heteroatoms. The van der Waals surface area contributed by atoms with E-state index in [4.69, 9.17) is 0 Å². The van der Waals surface area contributed by atoms with E-state index in [1.807, 2.05) is 0 Å². The summed E-state index contributed by atoms with van der Waals surface area (Å²) in [5.74, 6) is 0. The third kappa shape index (κ3) is 3.05. The minimum absolute atomic E-state index is 0.429. The first-order valence-electron chi connectivity index (χ1n) is 5.22. The Kier molecular flexibility index (Phi) is 3.44. The predicted octanol–water partition coefficient (Wildman–Crippen LogP) is 3.73. The number of nitrogens with zero attached hydrogens (tertiary/aromatic N) is 2. The van der Waals surface area contributed by atoms with Crippen LogP contribution in [0, 0.1) is 0 Å². The lowest BCUT2D eigenvalue weighted by molar-refractivity contribution is -0.141. The van der Waals surface area contributed by atoms with E-state index in [-0.39, 0.29) is 0 Å². The molecule has 1 heterocycles. The monoisotopic (exact) mass is 264 g/mol. The molecule has 96 valence electrons. The van der Waals surface area contributed by atoms with Crippen LogP contribution < -0.4 is 0 Å². The van der Waals surface area contributed by atoms with Gasteiger partial charge in [0.15, 0.2) is 0 Å². The van der Waals surface area contributed by atoms with Gasteiger partial charge in [-0.05, 0) is 23.8 Å². The van der Waals surface area contributed by atoms with Crippen LogP contribution in [-0.2, 0) is 11.0 Å². The molecule has 0 bridgehead atoms. The van der Waals surface area contributed by atoms with E-state index in [2.05, 4.69) is 9.98 Å². The van der Waals surface area contributed by atoms with Crippen molar-refractivity contribution in [3.63, 3.8) is 0 Å². The van der Waals surface area contributed by atoms with Gasteiger partial charge in [0.1, 0.15) is 5.69 Å². The molecule has 1 aromatic carbocycles. The number of aromatic nitrogens is 1. The molecule has 0 amide bonds. The first kappa shape index (κ1) is 13.0. The maximum Gasteiger partial charge on any atom is 0.433 e. The maximum atomic E-state index is 12.3. The fraction of sp³-hybridized carbons (Fsp3) is 0.0769. The number of halogens is 3. The van der Waals surface area contributed by atoms with Crippen LogP contribution in [0.4, 0.5) is 18.9 Å². The molecule has 2 aromatic rings.